The van der Waals surface area contributed by atoms with Gasteiger partial charge in [-0.1, -0.05) is 19.1 Å². The molecule has 1 aliphatic rings. The van der Waals surface area contributed by atoms with E-state index in [-0.39, 0.29) is 30.2 Å². The molecule has 2 rings (SSSR count). The zero-order chi connectivity index (χ0) is 16.1. The maximum absolute atomic E-state index is 12.0. The average molecular weight is 300 g/mol. The van der Waals surface area contributed by atoms with Crippen LogP contribution in [0, 0.1) is 23.2 Å². The van der Waals surface area contributed by atoms with E-state index in [0.29, 0.717) is 25.2 Å². The number of nitrogens with one attached hydrogen (secondary N) is 1. The van der Waals surface area contributed by atoms with Crippen molar-refractivity contribution in [3.05, 3.63) is 35.4 Å². The fraction of sp³-hybridized carbons (Fsp3) is 0.438. The molecule has 1 aliphatic heterocycles. The Kier molecular flexibility index (Phi) is 5.12. The fourth-order valence-electron chi connectivity index (χ4n) is 2.72. The van der Waals surface area contributed by atoms with Gasteiger partial charge in [0.15, 0.2) is 0 Å². The van der Waals surface area contributed by atoms with Crippen LogP contribution < -0.4 is 11.1 Å². The predicted molar refractivity (Wildman–Crippen MR) is 81.3 cm³/mol. The van der Waals surface area contributed by atoms with E-state index in [9.17, 15) is 9.59 Å². The molecular formula is C16H20N4O2. The quantitative estimate of drug-likeness (QED) is 0.813. The summed E-state index contributed by atoms with van der Waals surface area (Å²) in [5.41, 5.74) is 6.89. The molecule has 0 bridgehead atoms. The van der Waals surface area contributed by atoms with Crippen LogP contribution in [0.15, 0.2) is 24.3 Å². The SMILES string of the molecule is C[C@@H]1CN(CC(=O)NCc2ccc(C#N)cc2)C[C@H]1C(N)=O. The Morgan fingerprint density at radius 2 is 2.05 bits per heavy atom. The summed E-state index contributed by atoms with van der Waals surface area (Å²) in [6, 6.07) is 9.14. The van der Waals surface area contributed by atoms with E-state index in [2.05, 4.69) is 11.4 Å². The van der Waals surface area contributed by atoms with Crippen LogP contribution in [0.1, 0.15) is 18.1 Å². The largest absolute Gasteiger partial charge is 0.369 e. The molecule has 1 heterocycles. The zero-order valence-electron chi connectivity index (χ0n) is 12.6. The van der Waals surface area contributed by atoms with Crippen LogP contribution in [0.2, 0.25) is 0 Å². The van der Waals surface area contributed by atoms with Crippen molar-refractivity contribution < 1.29 is 9.59 Å². The summed E-state index contributed by atoms with van der Waals surface area (Å²) >= 11 is 0. The number of nitriles is 1. The Labute approximate surface area is 129 Å². The Morgan fingerprint density at radius 1 is 1.36 bits per heavy atom. The lowest BCUT2D eigenvalue weighted by atomic mass is 9.98. The first-order valence-corrected chi connectivity index (χ1v) is 7.27. The van der Waals surface area contributed by atoms with Gasteiger partial charge in [0.05, 0.1) is 24.1 Å². The molecule has 0 spiro atoms. The number of hydrogen-bond donors (Lipinski definition) is 2. The minimum absolute atomic E-state index is 0.0818. The second kappa shape index (κ2) is 7.05. The van der Waals surface area contributed by atoms with Gasteiger partial charge in [0.2, 0.25) is 11.8 Å². The maximum Gasteiger partial charge on any atom is 0.234 e. The summed E-state index contributed by atoms with van der Waals surface area (Å²) in [5, 5.41) is 11.6. The molecule has 22 heavy (non-hydrogen) atoms. The van der Waals surface area contributed by atoms with Crippen molar-refractivity contribution in [3.63, 3.8) is 0 Å². The Morgan fingerprint density at radius 3 is 2.59 bits per heavy atom. The number of carbonyl (C=O) groups is 2. The third kappa shape index (κ3) is 4.06. The van der Waals surface area contributed by atoms with Crippen LogP contribution in [0.3, 0.4) is 0 Å². The number of rotatable bonds is 5. The van der Waals surface area contributed by atoms with Crippen molar-refractivity contribution in [2.75, 3.05) is 19.6 Å². The molecule has 0 aromatic heterocycles. The molecule has 1 fully saturated rings. The maximum atomic E-state index is 12.0. The molecular weight excluding hydrogens is 280 g/mol. The topological polar surface area (TPSA) is 99.2 Å². The molecule has 0 aliphatic carbocycles. The molecule has 116 valence electrons. The highest BCUT2D eigenvalue weighted by Crippen LogP contribution is 2.21. The Balaban J connectivity index is 1.79. The summed E-state index contributed by atoms with van der Waals surface area (Å²) in [4.78, 5) is 25.2. The highest BCUT2D eigenvalue weighted by Gasteiger charge is 2.33. The minimum atomic E-state index is -0.298. The third-order valence-electron chi connectivity index (χ3n) is 3.99. The van der Waals surface area contributed by atoms with Gasteiger partial charge < -0.3 is 11.1 Å². The molecule has 1 saturated heterocycles. The first-order chi connectivity index (χ1) is 10.5. The van der Waals surface area contributed by atoms with Gasteiger partial charge in [-0.3, -0.25) is 14.5 Å². The average Bonchev–Trinajstić information content (AvgIpc) is 2.86. The van der Waals surface area contributed by atoms with Crippen molar-refractivity contribution in [1.82, 2.24) is 10.2 Å². The van der Waals surface area contributed by atoms with E-state index in [1.807, 2.05) is 24.0 Å². The van der Waals surface area contributed by atoms with E-state index in [0.717, 1.165) is 5.56 Å². The van der Waals surface area contributed by atoms with Gasteiger partial charge in [0, 0.05) is 19.6 Å². The summed E-state index contributed by atoms with van der Waals surface area (Å²) in [7, 11) is 0. The first kappa shape index (κ1) is 16.0. The van der Waals surface area contributed by atoms with Gasteiger partial charge >= 0.3 is 0 Å². The van der Waals surface area contributed by atoms with Gasteiger partial charge in [-0.2, -0.15) is 5.26 Å². The number of nitrogens with two attached hydrogens (primary N) is 1. The predicted octanol–water partition coefficient (Wildman–Crippen LogP) is 0.228. The van der Waals surface area contributed by atoms with E-state index in [1.54, 1.807) is 12.1 Å². The number of amides is 2. The molecule has 1 aromatic rings. The minimum Gasteiger partial charge on any atom is -0.369 e. The number of primary amides is 1. The smallest absolute Gasteiger partial charge is 0.234 e. The van der Waals surface area contributed by atoms with Crippen molar-refractivity contribution in [1.29, 1.82) is 5.26 Å². The summed E-state index contributed by atoms with van der Waals surface area (Å²) in [6.45, 7) is 3.92. The zero-order valence-corrected chi connectivity index (χ0v) is 12.6. The van der Waals surface area contributed by atoms with Crippen LogP contribution >= 0.6 is 0 Å². The molecule has 3 N–H and O–H groups in total. The standard InChI is InChI=1S/C16H20N4O2/c1-11-8-20(9-14(11)16(18)22)10-15(21)19-7-13-4-2-12(6-17)3-5-13/h2-5,11,14H,7-10H2,1H3,(H2,18,22)(H,19,21)/t11-,14-/m1/s1. The third-order valence-corrected chi connectivity index (χ3v) is 3.99. The molecule has 6 nitrogen and oxygen atoms in total. The lowest BCUT2D eigenvalue weighted by Crippen LogP contribution is -2.36. The number of benzene rings is 1. The Hall–Kier alpha value is -2.39. The number of carbonyl (C=O) groups excluding carboxylic acids is 2. The van der Waals surface area contributed by atoms with E-state index >= 15 is 0 Å². The summed E-state index contributed by atoms with van der Waals surface area (Å²) in [6.07, 6.45) is 0. The summed E-state index contributed by atoms with van der Waals surface area (Å²) < 4.78 is 0. The molecule has 0 saturated carbocycles. The van der Waals surface area contributed by atoms with Crippen LogP contribution in [-0.2, 0) is 16.1 Å². The molecule has 1 aromatic carbocycles. The molecule has 0 unspecified atom stereocenters. The molecule has 0 radical (unpaired) electrons. The van der Waals surface area contributed by atoms with Crippen molar-refractivity contribution in [2.24, 2.45) is 17.6 Å². The van der Waals surface area contributed by atoms with E-state index in [1.165, 1.54) is 0 Å². The second-order valence-electron chi connectivity index (χ2n) is 5.77. The van der Waals surface area contributed by atoms with Crippen molar-refractivity contribution >= 4 is 11.8 Å². The van der Waals surface area contributed by atoms with Crippen LogP contribution in [-0.4, -0.2) is 36.3 Å². The number of likely N-dealkylation sites (tertiary alicyclic amines) is 1. The van der Waals surface area contributed by atoms with E-state index < -0.39 is 0 Å². The van der Waals surface area contributed by atoms with Gasteiger partial charge in [0.25, 0.3) is 0 Å². The van der Waals surface area contributed by atoms with E-state index in [4.69, 9.17) is 11.0 Å². The molecule has 2 atom stereocenters. The molecule has 2 amide bonds. The van der Waals surface area contributed by atoms with Gasteiger partial charge in [-0.25, -0.2) is 0 Å². The van der Waals surface area contributed by atoms with Crippen LogP contribution in [0.5, 0.6) is 0 Å². The van der Waals surface area contributed by atoms with Gasteiger partial charge in [-0.05, 0) is 23.6 Å². The van der Waals surface area contributed by atoms with Crippen molar-refractivity contribution in [2.45, 2.75) is 13.5 Å². The summed E-state index contributed by atoms with van der Waals surface area (Å²) in [5.74, 6) is -0.371. The Bertz CT molecular complexity index is 591. The monoisotopic (exact) mass is 300 g/mol. The number of nitrogens with zero attached hydrogens (tertiary/aromatic N) is 2. The normalized spacial score (nSPS) is 21.3. The first-order valence-electron chi connectivity index (χ1n) is 7.27. The highest BCUT2D eigenvalue weighted by molar-refractivity contribution is 5.79. The highest BCUT2D eigenvalue weighted by atomic mass is 16.2. The van der Waals surface area contributed by atoms with Gasteiger partial charge in [0.1, 0.15) is 0 Å². The fourth-order valence-corrected chi connectivity index (χ4v) is 2.72. The lowest BCUT2D eigenvalue weighted by Gasteiger charge is -2.15. The lowest BCUT2D eigenvalue weighted by molar-refractivity contribution is -0.124. The molecule has 6 heteroatoms. The number of hydrogen-bond acceptors (Lipinski definition) is 4. The van der Waals surface area contributed by atoms with Crippen LogP contribution in [0.4, 0.5) is 0 Å². The van der Waals surface area contributed by atoms with Gasteiger partial charge in [-0.15, -0.1) is 0 Å². The van der Waals surface area contributed by atoms with Crippen molar-refractivity contribution in [3.8, 4) is 6.07 Å². The second-order valence-corrected chi connectivity index (χ2v) is 5.77. The van der Waals surface area contributed by atoms with Crippen LogP contribution in [0.25, 0.3) is 0 Å².